The van der Waals surface area contributed by atoms with E-state index in [2.05, 4.69) is 24.3 Å². The van der Waals surface area contributed by atoms with Crippen molar-refractivity contribution in [2.45, 2.75) is 31.3 Å². The van der Waals surface area contributed by atoms with Gasteiger partial charge in [-0.3, -0.25) is 0 Å². The molecule has 0 saturated heterocycles. The number of nitrogens with two attached hydrogens (primary N) is 1. The Morgan fingerprint density at radius 2 is 1.93 bits per heavy atom. The molecule has 0 spiro atoms. The van der Waals surface area contributed by atoms with Crippen LogP contribution in [-0.4, -0.2) is 13.7 Å². The van der Waals surface area contributed by atoms with Gasteiger partial charge < -0.3 is 10.5 Å². The molecule has 0 amide bonds. The van der Waals surface area contributed by atoms with E-state index in [-0.39, 0.29) is 0 Å². The third-order valence-corrected chi connectivity index (χ3v) is 3.35. The van der Waals surface area contributed by atoms with Crippen molar-refractivity contribution < 1.29 is 4.74 Å². The summed E-state index contributed by atoms with van der Waals surface area (Å²) in [5.74, 6) is 0. The van der Waals surface area contributed by atoms with Gasteiger partial charge in [0, 0.05) is 7.11 Å². The Kier molecular flexibility index (Phi) is 3.08. The molecule has 82 valence electrons. The van der Waals surface area contributed by atoms with Gasteiger partial charge in [-0.25, -0.2) is 0 Å². The van der Waals surface area contributed by atoms with E-state index in [4.69, 9.17) is 10.5 Å². The van der Waals surface area contributed by atoms with Crippen molar-refractivity contribution in [1.29, 1.82) is 0 Å². The Hall–Kier alpha value is -0.860. The van der Waals surface area contributed by atoms with Crippen LogP contribution in [0, 0.1) is 0 Å². The van der Waals surface area contributed by atoms with Crippen molar-refractivity contribution in [2.75, 3.05) is 13.7 Å². The molecule has 2 nitrogen and oxygen atoms in total. The average Bonchev–Trinajstić information content (AvgIpc) is 3.01. The van der Waals surface area contributed by atoms with Gasteiger partial charge in [0.05, 0.1) is 6.61 Å². The quantitative estimate of drug-likeness (QED) is 0.800. The number of benzene rings is 1. The number of rotatable bonds is 5. The van der Waals surface area contributed by atoms with Crippen LogP contribution in [0.3, 0.4) is 0 Å². The predicted octanol–water partition coefficient (Wildman–Crippen LogP) is 2.21. The summed E-state index contributed by atoms with van der Waals surface area (Å²) in [6.07, 6.45) is 3.72. The van der Waals surface area contributed by atoms with E-state index in [0.29, 0.717) is 12.0 Å². The van der Waals surface area contributed by atoms with Crippen LogP contribution < -0.4 is 5.73 Å². The Balaban J connectivity index is 2.10. The minimum Gasteiger partial charge on any atom is -0.380 e. The summed E-state index contributed by atoms with van der Waals surface area (Å²) in [7, 11) is 1.73. The summed E-state index contributed by atoms with van der Waals surface area (Å²) in [4.78, 5) is 0. The van der Waals surface area contributed by atoms with Crippen LogP contribution in [0.25, 0.3) is 0 Å². The molecular weight excluding hydrogens is 186 g/mol. The Morgan fingerprint density at radius 3 is 2.40 bits per heavy atom. The Bertz CT molecular complexity index is 314. The third kappa shape index (κ3) is 2.21. The molecular formula is C13H19NO. The first-order valence-corrected chi connectivity index (χ1v) is 5.59. The fourth-order valence-electron chi connectivity index (χ4n) is 2.23. The van der Waals surface area contributed by atoms with E-state index in [0.717, 1.165) is 13.0 Å². The van der Waals surface area contributed by atoms with Gasteiger partial charge in [-0.15, -0.1) is 0 Å². The zero-order valence-corrected chi connectivity index (χ0v) is 9.33. The molecule has 2 rings (SSSR count). The van der Waals surface area contributed by atoms with Crippen molar-refractivity contribution >= 4 is 0 Å². The number of methoxy groups -OCH3 is 1. The molecule has 1 fully saturated rings. The van der Waals surface area contributed by atoms with Gasteiger partial charge in [0.1, 0.15) is 0 Å². The summed E-state index contributed by atoms with van der Waals surface area (Å²) in [5.41, 5.74) is 8.76. The monoisotopic (exact) mass is 205 g/mol. The molecule has 1 aromatic carbocycles. The van der Waals surface area contributed by atoms with Gasteiger partial charge in [-0.1, -0.05) is 24.3 Å². The SMILES string of the molecule is COCc1ccc(C2(CCN)CC2)cc1. The molecule has 0 atom stereocenters. The van der Waals surface area contributed by atoms with E-state index in [1.807, 2.05) is 0 Å². The van der Waals surface area contributed by atoms with Crippen molar-refractivity contribution in [3.63, 3.8) is 0 Å². The largest absolute Gasteiger partial charge is 0.380 e. The van der Waals surface area contributed by atoms with E-state index in [9.17, 15) is 0 Å². The Morgan fingerprint density at radius 1 is 1.27 bits per heavy atom. The first kappa shape index (κ1) is 10.7. The first-order chi connectivity index (χ1) is 7.30. The lowest BCUT2D eigenvalue weighted by molar-refractivity contribution is 0.185. The van der Waals surface area contributed by atoms with Gasteiger partial charge in [0.2, 0.25) is 0 Å². The lowest BCUT2D eigenvalue weighted by Gasteiger charge is -2.14. The maximum atomic E-state index is 5.65. The molecule has 15 heavy (non-hydrogen) atoms. The fourth-order valence-corrected chi connectivity index (χ4v) is 2.23. The zero-order chi connectivity index (χ0) is 10.7. The molecule has 0 aromatic heterocycles. The smallest absolute Gasteiger partial charge is 0.0713 e. The predicted molar refractivity (Wildman–Crippen MR) is 61.7 cm³/mol. The maximum Gasteiger partial charge on any atom is 0.0713 e. The van der Waals surface area contributed by atoms with Crippen LogP contribution >= 0.6 is 0 Å². The second-order valence-corrected chi connectivity index (χ2v) is 4.45. The summed E-state index contributed by atoms with van der Waals surface area (Å²) >= 11 is 0. The van der Waals surface area contributed by atoms with Crippen molar-refractivity contribution in [1.82, 2.24) is 0 Å². The van der Waals surface area contributed by atoms with Crippen LogP contribution in [0.15, 0.2) is 24.3 Å². The molecule has 0 heterocycles. The summed E-state index contributed by atoms with van der Waals surface area (Å²) in [5, 5.41) is 0. The minimum absolute atomic E-state index is 0.417. The normalized spacial score (nSPS) is 17.7. The molecule has 1 aliphatic rings. The van der Waals surface area contributed by atoms with Gasteiger partial charge in [0.25, 0.3) is 0 Å². The molecule has 0 radical (unpaired) electrons. The van der Waals surface area contributed by atoms with Crippen molar-refractivity contribution in [3.8, 4) is 0 Å². The topological polar surface area (TPSA) is 35.2 Å². The summed E-state index contributed by atoms with van der Waals surface area (Å²) < 4.78 is 5.10. The molecule has 0 unspecified atom stereocenters. The molecule has 1 aromatic rings. The Labute approximate surface area is 91.4 Å². The van der Waals surface area contributed by atoms with Crippen LogP contribution in [-0.2, 0) is 16.8 Å². The first-order valence-electron chi connectivity index (χ1n) is 5.59. The minimum atomic E-state index is 0.417. The van der Waals surface area contributed by atoms with E-state index in [1.165, 1.54) is 24.0 Å². The van der Waals surface area contributed by atoms with Crippen LogP contribution in [0.5, 0.6) is 0 Å². The van der Waals surface area contributed by atoms with Gasteiger partial charge in [-0.05, 0) is 42.3 Å². The second-order valence-electron chi connectivity index (χ2n) is 4.45. The van der Waals surface area contributed by atoms with Crippen LogP contribution in [0.4, 0.5) is 0 Å². The number of hydrogen-bond donors (Lipinski definition) is 1. The molecule has 0 bridgehead atoms. The lowest BCUT2D eigenvalue weighted by Crippen LogP contribution is -2.13. The third-order valence-electron chi connectivity index (χ3n) is 3.35. The van der Waals surface area contributed by atoms with E-state index in [1.54, 1.807) is 7.11 Å². The lowest BCUT2D eigenvalue weighted by atomic mass is 9.92. The average molecular weight is 205 g/mol. The molecule has 1 saturated carbocycles. The van der Waals surface area contributed by atoms with Crippen molar-refractivity contribution in [2.24, 2.45) is 5.73 Å². The van der Waals surface area contributed by atoms with E-state index < -0.39 is 0 Å². The van der Waals surface area contributed by atoms with Gasteiger partial charge in [0.15, 0.2) is 0 Å². The highest BCUT2D eigenvalue weighted by atomic mass is 16.5. The highest BCUT2D eigenvalue weighted by Gasteiger charge is 2.42. The van der Waals surface area contributed by atoms with Crippen molar-refractivity contribution in [3.05, 3.63) is 35.4 Å². The van der Waals surface area contributed by atoms with Crippen LogP contribution in [0.1, 0.15) is 30.4 Å². The molecule has 0 aliphatic heterocycles. The maximum absolute atomic E-state index is 5.65. The highest BCUT2D eigenvalue weighted by molar-refractivity contribution is 5.33. The van der Waals surface area contributed by atoms with Crippen LogP contribution in [0.2, 0.25) is 0 Å². The standard InChI is InChI=1S/C13H19NO/c1-15-10-11-2-4-12(5-3-11)13(6-7-13)8-9-14/h2-5H,6-10,14H2,1H3. The molecule has 1 aliphatic carbocycles. The summed E-state index contributed by atoms with van der Waals surface area (Å²) in [6, 6.07) is 8.79. The summed E-state index contributed by atoms with van der Waals surface area (Å²) in [6.45, 7) is 1.49. The number of ether oxygens (including phenoxy) is 1. The highest BCUT2D eigenvalue weighted by Crippen LogP contribution is 2.50. The van der Waals surface area contributed by atoms with Gasteiger partial charge >= 0.3 is 0 Å². The second kappa shape index (κ2) is 4.33. The number of hydrogen-bond acceptors (Lipinski definition) is 2. The van der Waals surface area contributed by atoms with Gasteiger partial charge in [-0.2, -0.15) is 0 Å². The van der Waals surface area contributed by atoms with E-state index >= 15 is 0 Å². The molecule has 2 N–H and O–H groups in total. The zero-order valence-electron chi connectivity index (χ0n) is 9.33. The fraction of sp³-hybridized carbons (Fsp3) is 0.538. The molecule has 2 heteroatoms.